The average Bonchev–Trinajstić information content (AvgIpc) is 3.26. The molecule has 0 N–H and O–H groups in total. The molecule has 3 heterocycles. The highest BCUT2D eigenvalue weighted by Crippen LogP contribution is 2.37. The van der Waals surface area contributed by atoms with Gasteiger partial charge in [-0.3, -0.25) is 9.36 Å². The molecule has 0 atom stereocenters. The number of para-hydroxylation sites is 1. The van der Waals surface area contributed by atoms with Crippen LogP contribution in [0.3, 0.4) is 0 Å². The molecule has 138 valence electrons. The van der Waals surface area contributed by atoms with Gasteiger partial charge in [0.25, 0.3) is 0 Å². The van der Waals surface area contributed by atoms with Gasteiger partial charge in [-0.05, 0) is 32.9 Å². The molecule has 4 aromatic rings. The van der Waals surface area contributed by atoms with E-state index in [0.29, 0.717) is 5.02 Å². The lowest BCUT2D eigenvalue weighted by molar-refractivity contribution is 0.740. The molecule has 4 rings (SSSR count). The predicted molar refractivity (Wildman–Crippen MR) is 107 cm³/mol. The lowest BCUT2D eigenvalue weighted by atomic mass is 10.0. The van der Waals surface area contributed by atoms with Crippen molar-refractivity contribution in [2.24, 2.45) is 14.1 Å². The number of hydrogen-bond donors (Lipinski definition) is 0. The Labute approximate surface area is 163 Å². The number of aromatic nitrogens is 6. The molecule has 0 saturated heterocycles. The summed E-state index contributed by atoms with van der Waals surface area (Å²) in [6.07, 6.45) is 3.74. The highest BCUT2D eigenvalue weighted by Gasteiger charge is 2.24. The molecule has 6 nitrogen and oxygen atoms in total. The van der Waals surface area contributed by atoms with Crippen molar-refractivity contribution in [2.45, 2.75) is 20.8 Å². The number of nitrogens with zero attached hydrogens (tertiary/aromatic N) is 6. The maximum atomic E-state index is 6.51. The first kappa shape index (κ1) is 17.5. The third-order valence-corrected chi connectivity index (χ3v) is 5.50. The first-order valence-electron chi connectivity index (χ1n) is 8.72. The number of rotatable bonds is 3. The first-order valence-corrected chi connectivity index (χ1v) is 9.10. The zero-order valence-electron chi connectivity index (χ0n) is 16.0. The molecule has 27 heavy (non-hydrogen) atoms. The molecule has 0 unspecified atom stereocenters. The normalized spacial score (nSPS) is 11.3. The molecule has 7 heteroatoms. The van der Waals surface area contributed by atoms with Crippen molar-refractivity contribution in [3.8, 4) is 28.2 Å². The average molecular weight is 381 g/mol. The van der Waals surface area contributed by atoms with E-state index in [0.717, 1.165) is 45.2 Å². The van der Waals surface area contributed by atoms with Crippen LogP contribution in [0.15, 0.2) is 36.7 Å². The quantitative estimate of drug-likeness (QED) is 0.533. The Morgan fingerprint density at radius 2 is 1.44 bits per heavy atom. The van der Waals surface area contributed by atoms with Crippen molar-refractivity contribution in [1.29, 1.82) is 0 Å². The van der Waals surface area contributed by atoms with Gasteiger partial charge in [-0.1, -0.05) is 23.7 Å². The Morgan fingerprint density at radius 1 is 0.852 bits per heavy atom. The summed E-state index contributed by atoms with van der Waals surface area (Å²) in [5, 5.41) is 14.4. The molecule has 3 aromatic heterocycles. The molecule has 0 radical (unpaired) electrons. The molecule has 0 aliphatic rings. The molecule has 0 aliphatic carbocycles. The lowest BCUT2D eigenvalue weighted by Crippen LogP contribution is -2.01. The Morgan fingerprint density at radius 3 is 2.00 bits per heavy atom. The number of hydrogen-bond acceptors (Lipinski definition) is 3. The van der Waals surface area contributed by atoms with Crippen LogP contribution < -0.4 is 0 Å². The zero-order valence-corrected chi connectivity index (χ0v) is 16.8. The van der Waals surface area contributed by atoms with Crippen molar-refractivity contribution in [1.82, 2.24) is 29.3 Å². The second kappa shape index (κ2) is 6.39. The molecular formula is C20H21ClN6. The van der Waals surface area contributed by atoms with Crippen LogP contribution in [-0.4, -0.2) is 29.3 Å². The van der Waals surface area contributed by atoms with Gasteiger partial charge in [0.2, 0.25) is 0 Å². The van der Waals surface area contributed by atoms with Crippen LogP contribution in [0.1, 0.15) is 17.0 Å². The minimum atomic E-state index is 0.650. The fourth-order valence-electron chi connectivity index (χ4n) is 3.33. The predicted octanol–water partition coefficient (Wildman–Crippen LogP) is 4.25. The number of benzene rings is 1. The van der Waals surface area contributed by atoms with E-state index in [-0.39, 0.29) is 0 Å². The van der Waals surface area contributed by atoms with Gasteiger partial charge in [-0.25, -0.2) is 4.68 Å². The molecular weight excluding hydrogens is 360 g/mol. The molecule has 0 aliphatic heterocycles. The number of halogens is 1. The van der Waals surface area contributed by atoms with Crippen LogP contribution in [0.2, 0.25) is 5.02 Å². The molecule has 0 bridgehead atoms. The Kier molecular flexibility index (Phi) is 4.15. The van der Waals surface area contributed by atoms with E-state index >= 15 is 0 Å². The third kappa shape index (κ3) is 2.68. The fourth-order valence-corrected chi connectivity index (χ4v) is 3.54. The van der Waals surface area contributed by atoms with Crippen LogP contribution in [0.4, 0.5) is 0 Å². The SMILES string of the molecule is Cc1c(-c2cnn(C)c2C)nn(-c2ccccc2Cl)c1-c1cnn(C)c1C. The van der Waals surface area contributed by atoms with Crippen molar-refractivity contribution in [2.75, 3.05) is 0 Å². The standard InChI is InChI=1S/C20H21ClN6/c1-12-19(15-10-22-25(4)13(15)2)24-27(18-9-7-6-8-17(18)21)20(12)16-11-23-26(5)14(16)3/h6-11H,1-5H3. The molecule has 0 amide bonds. The van der Waals surface area contributed by atoms with E-state index in [1.54, 1.807) is 0 Å². The van der Waals surface area contributed by atoms with E-state index in [4.69, 9.17) is 16.7 Å². The zero-order chi connectivity index (χ0) is 19.3. The summed E-state index contributed by atoms with van der Waals surface area (Å²) >= 11 is 6.51. The van der Waals surface area contributed by atoms with Gasteiger partial charge >= 0.3 is 0 Å². The summed E-state index contributed by atoms with van der Waals surface area (Å²) in [6, 6.07) is 7.74. The smallest absolute Gasteiger partial charge is 0.0997 e. The summed E-state index contributed by atoms with van der Waals surface area (Å²) in [5.74, 6) is 0. The summed E-state index contributed by atoms with van der Waals surface area (Å²) in [5.41, 5.74) is 8.00. The lowest BCUT2D eigenvalue weighted by Gasteiger charge is -2.10. The topological polar surface area (TPSA) is 53.5 Å². The van der Waals surface area contributed by atoms with Crippen molar-refractivity contribution in [3.05, 3.63) is 58.6 Å². The van der Waals surface area contributed by atoms with Crippen LogP contribution in [0.5, 0.6) is 0 Å². The second-order valence-electron chi connectivity index (χ2n) is 6.72. The van der Waals surface area contributed by atoms with Crippen LogP contribution in [0, 0.1) is 20.8 Å². The van der Waals surface area contributed by atoms with E-state index in [1.165, 1.54) is 0 Å². The summed E-state index contributed by atoms with van der Waals surface area (Å²) in [6.45, 7) is 6.19. The summed E-state index contributed by atoms with van der Waals surface area (Å²) in [7, 11) is 3.88. The summed E-state index contributed by atoms with van der Waals surface area (Å²) < 4.78 is 5.65. The largest absolute Gasteiger partial charge is 0.272 e. The van der Waals surface area contributed by atoms with E-state index in [2.05, 4.69) is 24.0 Å². The molecule has 0 fully saturated rings. The molecule has 0 spiro atoms. The first-order chi connectivity index (χ1) is 12.9. The molecule has 0 saturated carbocycles. The highest BCUT2D eigenvalue weighted by molar-refractivity contribution is 6.32. The number of aryl methyl sites for hydroxylation is 2. The molecule has 1 aromatic carbocycles. The minimum absolute atomic E-state index is 0.650. The van der Waals surface area contributed by atoms with Gasteiger partial charge in [-0.2, -0.15) is 15.3 Å². The summed E-state index contributed by atoms with van der Waals surface area (Å²) in [4.78, 5) is 0. The van der Waals surface area contributed by atoms with Gasteiger partial charge in [0.05, 0.1) is 34.5 Å². The highest BCUT2D eigenvalue weighted by atomic mass is 35.5. The van der Waals surface area contributed by atoms with E-state index in [1.807, 2.05) is 71.7 Å². The van der Waals surface area contributed by atoms with Gasteiger partial charge in [0.15, 0.2) is 0 Å². The van der Waals surface area contributed by atoms with Crippen molar-refractivity contribution >= 4 is 11.6 Å². The van der Waals surface area contributed by atoms with Gasteiger partial charge in [0, 0.05) is 42.2 Å². The van der Waals surface area contributed by atoms with Crippen molar-refractivity contribution < 1.29 is 0 Å². The third-order valence-electron chi connectivity index (χ3n) is 5.18. The van der Waals surface area contributed by atoms with Gasteiger partial charge < -0.3 is 0 Å². The Bertz CT molecular complexity index is 1150. The Hall–Kier alpha value is -2.86. The maximum Gasteiger partial charge on any atom is 0.0997 e. The van der Waals surface area contributed by atoms with Crippen molar-refractivity contribution in [3.63, 3.8) is 0 Å². The second-order valence-corrected chi connectivity index (χ2v) is 7.13. The fraction of sp³-hybridized carbons (Fsp3) is 0.250. The monoisotopic (exact) mass is 380 g/mol. The van der Waals surface area contributed by atoms with Gasteiger partial charge in [0.1, 0.15) is 0 Å². The van der Waals surface area contributed by atoms with Gasteiger partial charge in [-0.15, -0.1) is 0 Å². The Balaban J connectivity index is 2.06. The van der Waals surface area contributed by atoms with Crippen LogP contribution in [-0.2, 0) is 14.1 Å². The maximum absolute atomic E-state index is 6.51. The minimum Gasteiger partial charge on any atom is -0.272 e. The van der Waals surface area contributed by atoms with Crippen LogP contribution in [0.25, 0.3) is 28.2 Å². The van der Waals surface area contributed by atoms with E-state index < -0.39 is 0 Å². The van der Waals surface area contributed by atoms with Crippen LogP contribution >= 0.6 is 11.6 Å². The van der Waals surface area contributed by atoms with E-state index in [9.17, 15) is 0 Å².